The van der Waals surface area contributed by atoms with Gasteiger partial charge >= 0.3 is 0 Å². The molecular formula is C13H19N3S. The molecule has 2 unspecified atom stereocenters. The number of thiazole rings is 1. The van der Waals surface area contributed by atoms with Gasteiger partial charge in [-0.3, -0.25) is 4.40 Å². The van der Waals surface area contributed by atoms with Gasteiger partial charge in [-0.15, -0.1) is 11.3 Å². The van der Waals surface area contributed by atoms with Crippen molar-refractivity contribution in [3.63, 3.8) is 0 Å². The Balaban J connectivity index is 1.61. The fourth-order valence-corrected chi connectivity index (χ4v) is 3.44. The molecule has 4 heteroatoms. The number of fused-ring (bicyclic) bond motifs is 1. The van der Waals surface area contributed by atoms with Crippen LogP contribution >= 0.6 is 11.3 Å². The Bertz CT molecular complexity index is 459. The van der Waals surface area contributed by atoms with Crippen LogP contribution in [0.15, 0.2) is 17.8 Å². The van der Waals surface area contributed by atoms with Gasteiger partial charge in [0.15, 0.2) is 4.96 Å². The van der Waals surface area contributed by atoms with Crippen molar-refractivity contribution in [1.29, 1.82) is 0 Å². The van der Waals surface area contributed by atoms with Crippen molar-refractivity contribution in [2.45, 2.75) is 45.2 Å². The lowest BCUT2D eigenvalue weighted by atomic mass is 9.86. The summed E-state index contributed by atoms with van der Waals surface area (Å²) in [6.07, 6.45) is 9.67. The molecule has 0 aromatic carbocycles. The maximum absolute atomic E-state index is 4.60. The van der Waals surface area contributed by atoms with Crippen LogP contribution in [-0.4, -0.2) is 15.4 Å². The Hall–Kier alpha value is -0.870. The Morgan fingerprint density at radius 1 is 1.47 bits per heavy atom. The first-order valence-electron chi connectivity index (χ1n) is 6.47. The molecular weight excluding hydrogens is 230 g/mol. The maximum atomic E-state index is 4.60. The molecule has 0 saturated heterocycles. The van der Waals surface area contributed by atoms with Gasteiger partial charge in [0, 0.05) is 30.4 Å². The Morgan fingerprint density at radius 3 is 3.18 bits per heavy atom. The fourth-order valence-electron chi connectivity index (χ4n) is 2.72. The molecule has 2 aromatic heterocycles. The number of imidazole rings is 1. The first kappa shape index (κ1) is 11.2. The molecule has 92 valence electrons. The molecule has 0 bridgehead atoms. The molecule has 2 aromatic rings. The highest BCUT2D eigenvalue weighted by Gasteiger charge is 2.20. The summed E-state index contributed by atoms with van der Waals surface area (Å²) < 4.78 is 2.10. The van der Waals surface area contributed by atoms with Gasteiger partial charge in [-0.25, -0.2) is 4.98 Å². The molecule has 0 spiro atoms. The van der Waals surface area contributed by atoms with E-state index in [0.29, 0.717) is 6.04 Å². The van der Waals surface area contributed by atoms with E-state index >= 15 is 0 Å². The highest BCUT2D eigenvalue weighted by molar-refractivity contribution is 7.15. The third kappa shape index (κ3) is 2.38. The zero-order valence-corrected chi connectivity index (χ0v) is 11.0. The zero-order valence-electron chi connectivity index (χ0n) is 10.2. The van der Waals surface area contributed by atoms with E-state index in [9.17, 15) is 0 Å². The van der Waals surface area contributed by atoms with Crippen molar-refractivity contribution in [2.24, 2.45) is 5.92 Å². The largest absolute Gasteiger partial charge is 0.308 e. The third-order valence-corrected chi connectivity index (χ3v) is 4.57. The first-order valence-corrected chi connectivity index (χ1v) is 7.35. The van der Waals surface area contributed by atoms with Gasteiger partial charge in [-0.1, -0.05) is 19.8 Å². The van der Waals surface area contributed by atoms with Crippen LogP contribution < -0.4 is 5.32 Å². The van der Waals surface area contributed by atoms with Gasteiger partial charge < -0.3 is 5.32 Å². The molecule has 3 nitrogen and oxygen atoms in total. The zero-order chi connectivity index (χ0) is 11.7. The van der Waals surface area contributed by atoms with Crippen molar-refractivity contribution in [1.82, 2.24) is 14.7 Å². The molecule has 3 rings (SSSR count). The minimum atomic E-state index is 0.684. The lowest BCUT2D eigenvalue weighted by Gasteiger charge is -2.29. The molecule has 0 radical (unpaired) electrons. The second kappa shape index (κ2) is 4.78. The minimum Gasteiger partial charge on any atom is -0.308 e. The molecule has 0 amide bonds. The summed E-state index contributed by atoms with van der Waals surface area (Å²) in [6, 6.07) is 0.684. The van der Waals surface area contributed by atoms with E-state index in [-0.39, 0.29) is 0 Å². The van der Waals surface area contributed by atoms with Crippen LogP contribution in [0.25, 0.3) is 4.96 Å². The van der Waals surface area contributed by atoms with Gasteiger partial charge in [-0.05, 0) is 18.8 Å². The van der Waals surface area contributed by atoms with Crippen molar-refractivity contribution in [2.75, 3.05) is 0 Å². The molecule has 1 fully saturated rings. The SMILES string of the molecule is CC1CCCCC1NCc1cn2ccsc2n1. The Labute approximate surface area is 106 Å². The van der Waals surface area contributed by atoms with E-state index in [1.54, 1.807) is 11.3 Å². The fraction of sp³-hybridized carbons (Fsp3) is 0.615. The summed E-state index contributed by atoms with van der Waals surface area (Å²) in [5.41, 5.74) is 1.16. The smallest absolute Gasteiger partial charge is 0.193 e. The van der Waals surface area contributed by atoms with Crippen LogP contribution in [0.1, 0.15) is 38.3 Å². The van der Waals surface area contributed by atoms with Crippen molar-refractivity contribution >= 4 is 16.3 Å². The maximum Gasteiger partial charge on any atom is 0.193 e. The average Bonchev–Trinajstić information content (AvgIpc) is 2.88. The predicted molar refractivity (Wildman–Crippen MR) is 71.3 cm³/mol. The van der Waals surface area contributed by atoms with E-state index in [0.717, 1.165) is 23.1 Å². The Kier molecular flexibility index (Phi) is 3.16. The summed E-state index contributed by atoms with van der Waals surface area (Å²) in [5, 5.41) is 5.74. The van der Waals surface area contributed by atoms with Gasteiger partial charge in [0.2, 0.25) is 0 Å². The number of hydrogen-bond donors (Lipinski definition) is 1. The average molecular weight is 249 g/mol. The van der Waals surface area contributed by atoms with Crippen molar-refractivity contribution in [3.8, 4) is 0 Å². The minimum absolute atomic E-state index is 0.684. The van der Waals surface area contributed by atoms with Gasteiger partial charge in [0.05, 0.1) is 5.69 Å². The van der Waals surface area contributed by atoms with Crippen molar-refractivity contribution in [3.05, 3.63) is 23.5 Å². The molecule has 2 heterocycles. The molecule has 1 N–H and O–H groups in total. The summed E-state index contributed by atoms with van der Waals surface area (Å²) in [5.74, 6) is 0.812. The van der Waals surface area contributed by atoms with E-state index in [1.807, 2.05) is 0 Å². The lowest BCUT2D eigenvalue weighted by Crippen LogP contribution is -2.36. The molecule has 1 aliphatic carbocycles. The number of aromatic nitrogens is 2. The molecule has 1 aliphatic rings. The topological polar surface area (TPSA) is 29.3 Å². The highest BCUT2D eigenvalue weighted by Crippen LogP contribution is 2.24. The summed E-state index contributed by atoms with van der Waals surface area (Å²) in [7, 11) is 0. The first-order chi connectivity index (χ1) is 8.33. The second-order valence-corrected chi connectivity index (χ2v) is 5.95. The molecule has 2 atom stereocenters. The van der Waals surface area contributed by atoms with Crippen LogP contribution in [0.5, 0.6) is 0 Å². The Morgan fingerprint density at radius 2 is 2.35 bits per heavy atom. The molecule has 17 heavy (non-hydrogen) atoms. The second-order valence-electron chi connectivity index (χ2n) is 5.07. The lowest BCUT2D eigenvalue weighted by molar-refractivity contribution is 0.279. The van der Waals surface area contributed by atoms with E-state index in [2.05, 4.69) is 39.4 Å². The highest BCUT2D eigenvalue weighted by atomic mass is 32.1. The summed E-state index contributed by atoms with van der Waals surface area (Å²) >= 11 is 1.69. The van der Waals surface area contributed by atoms with Crippen LogP contribution in [0.3, 0.4) is 0 Å². The predicted octanol–water partition coefficient (Wildman–Crippen LogP) is 3.06. The van der Waals surface area contributed by atoms with Gasteiger partial charge in [0.1, 0.15) is 0 Å². The number of rotatable bonds is 3. The van der Waals surface area contributed by atoms with E-state index < -0.39 is 0 Å². The van der Waals surface area contributed by atoms with Crippen LogP contribution in [0, 0.1) is 5.92 Å². The van der Waals surface area contributed by atoms with Gasteiger partial charge in [-0.2, -0.15) is 0 Å². The molecule has 0 aliphatic heterocycles. The third-order valence-electron chi connectivity index (χ3n) is 3.80. The standard InChI is InChI=1S/C13H19N3S/c1-10-4-2-3-5-12(10)14-8-11-9-16-6-7-17-13(16)15-11/h6-7,9-10,12,14H,2-5,8H2,1H3. The van der Waals surface area contributed by atoms with Crippen LogP contribution in [0.2, 0.25) is 0 Å². The summed E-state index contributed by atoms with van der Waals surface area (Å²) in [4.78, 5) is 5.70. The quantitative estimate of drug-likeness (QED) is 0.906. The number of nitrogens with one attached hydrogen (secondary N) is 1. The summed E-state index contributed by atoms with van der Waals surface area (Å²) in [6.45, 7) is 3.27. The normalized spacial score (nSPS) is 25.5. The van der Waals surface area contributed by atoms with Gasteiger partial charge in [0.25, 0.3) is 0 Å². The number of hydrogen-bond acceptors (Lipinski definition) is 3. The van der Waals surface area contributed by atoms with Crippen LogP contribution in [0.4, 0.5) is 0 Å². The van der Waals surface area contributed by atoms with E-state index in [4.69, 9.17) is 0 Å². The van der Waals surface area contributed by atoms with E-state index in [1.165, 1.54) is 25.7 Å². The monoisotopic (exact) mass is 249 g/mol. The van der Waals surface area contributed by atoms with Crippen molar-refractivity contribution < 1.29 is 0 Å². The number of nitrogens with zero attached hydrogens (tertiary/aromatic N) is 2. The molecule has 1 saturated carbocycles. The van der Waals surface area contributed by atoms with Crippen LogP contribution in [-0.2, 0) is 6.54 Å².